The minimum atomic E-state index is -0.0360. The van der Waals surface area contributed by atoms with Crippen LogP contribution in [0.25, 0.3) is 11.0 Å². The molecule has 0 saturated heterocycles. The maximum atomic E-state index is 12.4. The van der Waals surface area contributed by atoms with Gasteiger partial charge in [-0.05, 0) is 29.5 Å². The number of benzene rings is 1. The molecule has 1 aromatic carbocycles. The molecule has 0 saturated carbocycles. The van der Waals surface area contributed by atoms with Gasteiger partial charge in [-0.15, -0.1) is 11.3 Å². The van der Waals surface area contributed by atoms with Gasteiger partial charge in [0.25, 0.3) is 0 Å². The number of hydrogen-bond donors (Lipinski definition) is 1. The number of thiophene rings is 1. The van der Waals surface area contributed by atoms with Crippen LogP contribution in [0, 0.1) is 5.92 Å². The monoisotopic (exact) mass is 314 g/mol. The van der Waals surface area contributed by atoms with Crippen LogP contribution in [0.3, 0.4) is 0 Å². The Balaban J connectivity index is 1.74. The molecule has 0 aliphatic carbocycles. The molecule has 1 amide bonds. The first-order valence-corrected chi connectivity index (χ1v) is 8.19. The van der Waals surface area contributed by atoms with Gasteiger partial charge in [0, 0.05) is 10.3 Å². The van der Waals surface area contributed by atoms with Crippen LogP contribution in [-0.2, 0) is 11.2 Å². The van der Waals surface area contributed by atoms with Crippen LogP contribution in [-0.4, -0.2) is 11.1 Å². The summed E-state index contributed by atoms with van der Waals surface area (Å²) in [6.07, 6.45) is 0.228. The van der Waals surface area contributed by atoms with E-state index in [1.54, 1.807) is 11.3 Å². The number of nitrogens with one attached hydrogen (secondary N) is 1. The number of para-hydroxylation sites is 1. The van der Waals surface area contributed by atoms with Crippen molar-refractivity contribution in [2.75, 3.05) is 0 Å². The Morgan fingerprint density at radius 1 is 1.27 bits per heavy atom. The molecule has 1 atom stereocenters. The fourth-order valence-electron chi connectivity index (χ4n) is 2.48. The topological polar surface area (TPSA) is 55.1 Å². The van der Waals surface area contributed by atoms with Crippen LogP contribution in [0.4, 0.5) is 0 Å². The largest absolute Gasteiger partial charge is 0.356 e. The first kappa shape index (κ1) is 14.8. The quantitative estimate of drug-likeness (QED) is 0.776. The Kier molecular flexibility index (Phi) is 4.24. The molecular weight excluding hydrogens is 296 g/mol. The Morgan fingerprint density at radius 3 is 2.82 bits per heavy atom. The van der Waals surface area contributed by atoms with Crippen molar-refractivity contribution in [2.45, 2.75) is 26.3 Å². The Bertz CT molecular complexity index is 762. The zero-order valence-corrected chi connectivity index (χ0v) is 13.4. The third-order valence-corrected chi connectivity index (χ3v) is 4.57. The highest BCUT2D eigenvalue weighted by molar-refractivity contribution is 7.10. The van der Waals surface area contributed by atoms with Crippen LogP contribution in [0.2, 0.25) is 0 Å². The van der Waals surface area contributed by atoms with Gasteiger partial charge in [0.1, 0.15) is 5.69 Å². The van der Waals surface area contributed by atoms with Crippen molar-refractivity contribution in [3.63, 3.8) is 0 Å². The second-order valence-corrected chi connectivity index (χ2v) is 6.59. The van der Waals surface area contributed by atoms with Crippen molar-refractivity contribution >= 4 is 28.2 Å². The number of aromatic nitrogens is 1. The number of hydrogen-bond acceptors (Lipinski definition) is 4. The predicted molar refractivity (Wildman–Crippen MR) is 87.8 cm³/mol. The summed E-state index contributed by atoms with van der Waals surface area (Å²) >= 11 is 1.66. The van der Waals surface area contributed by atoms with E-state index in [1.165, 1.54) is 4.88 Å². The van der Waals surface area contributed by atoms with Gasteiger partial charge in [0.15, 0.2) is 5.58 Å². The summed E-state index contributed by atoms with van der Waals surface area (Å²) in [6.45, 7) is 4.21. The molecule has 3 rings (SSSR count). The minimum Gasteiger partial charge on any atom is -0.356 e. The van der Waals surface area contributed by atoms with Gasteiger partial charge in [-0.25, -0.2) is 0 Å². The molecule has 4 nitrogen and oxygen atoms in total. The third-order valence-electron chi connectivity index (χ3n) is 3.61. The first-order valence-electron chi connectivity index (χ1n) is 7.31. The van der Waals surface area contributed by atoms with Crippen molar-refractivity contribution in [1.29, 1.82) is 0 Å². The Labute approximate surface area is 133 Å². The van der Waals surface area contributed by atoms with E-state index in [2.05, 4.69) is 30.4 Å². The molecule has 0 aliphatic rings. The van der Waals surface area contributed by atoms with Gasteiger partial charge in [0.05, 0.1) is 12.5 Å². The lowest BCUT2D eigenvalue weighted by Gasteiger charge is -2.21. The van der Waals surface area contributed by atoms with Crippen molar-refractivity contribution in [3.05, 3.63) is 52.3 Å². The molecule has 0 spiro atoms. The molecule has 0 aliphatic heterocycles. The van der Waals surface area contributed by atoms with E-state index in [1.807, 2.05) is 35.7 Å². The molecule has 3 aromatic rings. The highest BCUT2D eigenvalue weighted by atomic mass is 32.1. The van der Waals surface area contributed by atoms with Crippen molar-refractivity contribution in [2.24, 2.45) is 5.92 Å². The van der Waals surface area contributed by atoms with Gasteiger partial charge in [-0.1, -0.05) is 37.2 Å². The maximum absolute atomic E-state index is 12.4. The predicted octanol–water partition coefficient (Wildman–Crippen LogP) is 3.95. The van der Waals surface area contributed by atoms with E-state index < -0.39 is 0 Å². The SMILES string of the molecule is CC(C)[C@@H](NC(=O)Cc1noc2ccccc12)c1cccs1. The summed E-state index contributed by atoms with van der Waals surface area (Å²) in [4.78, 5) is 13.6. The molecule has 2 heterocycles. The van der Waals surface area contributed by atoms with Crippen LogP contribution in [0.1, 0.15) is 30.5 Å². The highest BCUT2D eigenvalue weighted by Crippen LogP contribution is 2.26. The fraction of sp³-hybridized carbons (Fsp3) is 0.294. The molecule has 0 unspecified atom stereocenters. The smallest absolute Gasteiger partial charge is 0.226 e. The minimum absolute atomic E-state index is 0.0330. The number of fused-ring (bicyclic) bond motifs is 1. The lowest BCUT2D eigenvalue weighted by molar-refractivity contribution is -0.121. The van der Waals surface area contributed by atoms with Crippen molar-refractivity contribution in [3.8, 4) is 0 Å². The maximum Gasteiger partial charge on any atom is 0.226 e. The van der Waals surface area contributed by atoms with E-state index in [0.29, 0.717) is 17.2 Å². The van der Waals surface area contributed by atoms with Gasteiger partial charge < -0.3 is 9.84 Å². The summed E-state index contributed by atoms with van der Waals surface area (Å²) in [5, 5.41) is 10.1. The summed E-state index contributed by atoms with van der Waals surface area (Å²) in [5.74, 6) is 0.294. The first-order chi connectivity index (χ1) is 10.6. The number of nitrogens with zero attached hydrogens (tertiary/aromatic N) is 1. The molecule has 22 heavy (non-hydrogen) atoms. The number of carbonyl (C=O) groups is 1. The molecule has 0 fully saturated rings. The van der Waals surface area contributed by atoms with E-state index >= 15 is 0 Å². The Morgan fingerprint density at radius 2 is 2.09 bits per heavy atom. The molecule has 0 bridgehead atoms. The lowest BCUT2D eigenvalue weighted by Crippen LogP contribution is -2.32. The van der Waals surface area contributed by atoms with Gasteiger partial charge in [-0.3, -0.25) is 4.79 Å². The van der Waals surface area contributed by atoms with Crippen LogP contribution in [0.5, 0.6) is 0 Å². The highest BCUT2D eigenvalue weighted by Gasteiger charge is 2.20. The molecular formula is C17H18N2O2S. The average molecular weight is 314 g/mol. The average Bonchev–Trinajstić information content (AvgIpc) is 3.15. The number of amides is 1. The second kappa shape index (κ2) is 6.32. The molecule has 114 valence electrons. The van der Waals surface area contributed by atoms with E-state index in [0.717, 1.165) is 5.39 Å². The van der Waals surface area contributed by atoms with Gasteiger partial charge in [0.2, 0.25) is 5.91 Å². The molecule has 5 heteroatoms. The van der Waals surface area contributed by atoms with Gasteiger partial charge >= 0.3 is 0 Å². The summed E-state index contributed by atoms with van der Waals surface area (Å²) < 4.78 is 5.25. The number of carbonyl (C=O) groups excluding carboxylic acids is 1. The van der Waals surface area contributed by atoms with E-state index in [-0.39, 0.29) is 18.4 Å². The molecule has 2 aromatic heterocycles. The fourth-order valence-corrected chi connectivity index (χ4v) is 3.43. The summed E-state index contributed by atoms with van der Waals surface area (Å²) in [6, 6.07) is 11.7. The number of rotatable bonds is 5. The van der Waals surface area contributed by atoms with Gasteiger partial charge in [-0.2, -0.15) is 0 Å². The third kappa shape index (κ3) is 3.04. The van der Waals surface area contributed by atoms with E-state index in [4.69, 9.17) is 4.52 Å². The second-order valence-electron chi connectivity index (χ2n) is 5.61. The summed E-state index contributed by atoms with van der Waals surface area (Å²) in [5.41, 5.74) is 1.39. The van der Waals surface area contributed by atoms with Crippen LogP contribution in [0.15, 0.2) is 46.3 Å². The zero-order valence-electron chi connectivity index (χ0n) is 12.6. The lowest BCUT2D eigenvalue weighted by atomic mass is 10.0. The molecule has 0 radical (unpaired) electrons. The normalized spacial score (nSPS) is 12.7. The Hall–Kier alpha value is -2.14. The van der Waals surface area contributed by atoms with Crippen LogP contribution >= 0.6 is 11.3 Å². The van der Waals surface area contributed by atoms with Crippen molar-refractivity contribution in [1.82, 2.24) is 10.5 Å². The summed E-state index contributed by atoms with van der Waals surface area (Å²) in [7, 11) is 0. The zero-order chi connectivity index (χ0) is 15.5. The van der Waals surface area contributed by atoms with E-state index in [9.17, 15) is 4.79 Å². The van der Waals surface area contributed by atoms with Crippen molar-refractivity contribution < 1.29 is 9.32 Å². The standard InChI is InChI=1S/C17H18N2O2S/c1-11(2)17(15-8-5-9-22-15)18-16(20)10-13-12-6-3-4-7-14(12)21-19-13/h3-9,11,17H,10H2,1-2H3,(H,18,20)/t17-/m1/s1. The van der Waals surface area contributed by atoms with Crippen LogP contribution < -0.4 is 5.32 Å². The molecule has 1 N–H and O–H groups in total.